The zero-order chi connectivity index (χ0) is 12.8. The molecule has 0 bridgehead atoms. The molecule has 3 nitrogen and oxygen atoms in total. The summed E-state index contributed by atoms with van der Waals surface area (Å²) in [6.45, 7) is 2.90. The average molecular weight is 261 g/mol. The van der Waals surface area contributed by atoms with E-state index in [1.54, 1.807) is 6.07 Å². The minimum atomic E-state index is -0.0733. The van der Waals surface area contributed by atoms with Gasteiger partial charge in [-0.2, -0.15) is 0 Å². The van der Waals surface area contributed by atoms with Crippen molar-refractivity contribution in [3.8, 4) is 0 Å². The molecule has 2 heterocycles. The van der Waals surface area contributed by atoms with E-state index in [0.29, 0.717) is 17.6 Å². The molecule has 1 aromatic carbocycles. The highest BCUT2D eigenvalue weighted by molar-refractivity contribution is 5.77. The van der Waals surface area contributed by atoms with Crippen LogP contribution in [0, 0.1) is 5.82 Å². The normalized spacial score (nSPS) is 23.3. The monoisotopic (exact) mass is 261 g/mol. The van der Waals surface area contributed by atoms with E-state index in [1.807, 2.05) is 0 Å². The fraction of sp³-hybridized carbons (Fsp3) is 0.600. The second-order valence-corrected chi connectivity index (χ2v) is 5.96. The molecular weight excluding hydrogens is 241 g/mol. The molecule has 2 aliphatic heterocycles. The lowest BCUT2D eigenvalue weighted by Gasteiger charge is -2.32. The second kappa shape index (κ2) is 4.37. The van der Waals surface area contributed by atoms with Gasteiger partial charge in [-0.3, -0.25) is 0 Å². The van der Waals surface area contributed by atoms with Crippen molar-refractivity contribution in [2.45, 2.75) is 37.6 Å². The Kier molecular flexibility index (Phi) is 2.65. The first-order valence-electron chi connectivity index (χ1n) is 7.37. The largest absolute Gasteiger partial charge is 0.364 e. The fourth-order valence-electron chi connectivity index (χ4n) is 3.36. The molecule has 4 rings (SSSR count). The van der Waals surface area contributed by atoms with Crippen LogP contribution in [0.3, 0.4) is 0 Å². The fourth-order valence-corrected chi connectivity index (χ4v) is 3.36. The summed E-state index contributed by atoms with van der Waals surface area (Å²) in [7, 11) is 0. The molecule has 2 N–H and O–H groups in total. The summed E-state index contributed by atoms with van der Waals surface area (Å²) in [6, 6.07) is 4.50. The Morgan fingerprint density at radius 1 is 1.11 bits per heavy atom. The third kappa shape index (κ3) is 1.98. The molecule has 1 aliphatic carbocycles. The first-order chi connectivity index (χ1) is 9.33. The minimum absolute atomic E-state index is 0.0733. The first-order valence-corrected chi connectivity index (χ1v) is 7.37. The molecule has 2 fully saturated rings. The van der Waals surface area contributed by atoms with E-state index in [9.17, 15) is 4.39 Å². The number of benzene rings is 1. The van der Waals surface area contributed by atoms with E-state index in [1.165, 1.54) is 18.4 Å². The van der Waals surface area contributed by atoms with Gasteiger partial charge in [0.1, 0.15) is 5.82 Å². The maximum atomic E-state index is 14.2. The molecule has 1 saturated heterocycles. The zero-order valence-corrected chi connectivity index (χ0v) is 11.1. The molecule has 0 radical (unpaired) electrons. The Bertz CT molecular complexity index is 492. The molecule has 0 spiro atoms. The summed E-state index contributed by atoms with van der Waals surface area (Å²) in [5.41, 5.74) is 3.00. The summed E-state index contributed by atoms with van der Waals surface area (Å²) >= 11 is 0. The number of nitrogens with one attached hydrogen (secondary N) is 2. The van der Waals surface area contributed by atoms with E-state index in [2.05, 4.69) is 21.6 Å². The molecule has 1 saturated carbocycles. The van der Waals surface area contributed by atoms with Gasteiger partial charge < -0.3 is 15.5 Å². The van der Waals surface area contributed by atoms with Crippen LogP contribution < -0.4 is 15.5 Å². The van der Waals surface area contributed by atoms with E-state index in [0.717, 1.165) is 38.3 Å². The van der Waals surface area contributed by atoms with E-state index >= 15 is 0 Å². The molecular formula is C15H20FN3. The Morgan fingerprint density at radius 2 is 1.89 bits per heavy atom. The summed E-state index contributed by atoms with van der Waals surface area (Å²) in [6.07, 6.45) is 4.74. The smallest absolute Gasteiger partial charge is 0.148 e. The highest BCUT2D eigenvalue weighted by Crippen LogP contribution is 2.45. The number of rotatable bonds is 2. The standard InChI is InChI=1S/C15H20FN3/c16-13-7-11(10-1-2-10)8-14-15(13)18-9-19(14)12-3-5-17-6-4-12/h7-8,10,12,17-18H,1-6,9H2. The van der Waals surface area contributed by atoms with Crippen molar-refractivity contribution in [3.05, 3.63) is 23.5 Å². The van der Waals surface area contributed by atoms with Crippen molar-refractivity contribution < 1.29 is 4.39 Å². The van der Waals surface area contributed by atoms with Crippen molar-refractivity contribution in [3.63, 3.8) is 0 Å². The lowest BCUT2D eigenvalue weighted by atomic mass is 10.0. The Morgan fingerprint density at radius 3 is 2.63 bits per heavy atom. The van der Waals surface area contributed by atoms with Gasteiger partial charge in [0.05, 0.1) is 18.0 Å². The maximum Gasteiger partial charge on any atom is 0.148 e. The van der Waals surface area contributed by atoms with Crippen molar-refractivity contribution in [2.24, 2.45) is 0 Å². The third-order valence-corrected chi connectivity index (χ3v) is 4.63. The van der Waals surface area contributed by atoms with Gasteiger partial charge in [0.15, 0.2) is 0 Å². The van der Waals surface area contributed by atoms with Crippen LogP contribution in [-0.2, 0) is 0 Å². The maximum absolute atomic E-state index is 14.2. The Balaban J connectivity index is 1.68. The highest BCUT2D eigenvalue weighted by Gasteiger charge is 2.32. The van der Waals surface area contributed by atoms with E-state index in [4.69, 9.17) is 0 Å². The topological polar surface area (TPSA) is 27.3 Å². The van der Waals surface area contributed by atoms with Gasteiger partial charge in [0.2, 0.25) is 0 Å². The van der Waals surface area contributed by atoms with Crippen LogP contribution >= 0.6 is 0 Å². The van der Waals surface area contributed by atoms with Crippen LogP contribution in [0.1, 0.15) is 37.2 Å². The molecule has 0 unspecified atom stereocenters. The van der Waals surface area contributed by atoms with Gasteiger partial charge in [0.25, 0.3) is 0 Å². The zero-order valence-electron chi connectivity index (χ0n) is 11.1. The summed E-state index contributed by atoms with van der Waals surface area (Å²) in [5, 5.41) is 6.62. The van der Waals surface area contributed by atoms with Crippen LogP contribution in [-0.4, -0.2) is 25.8 Å². The van der Waals surface area contributed by atoms with Crippen LogP contribution in [0.25, 0.3) is 0 Å². The molecule has 0 atom stereocenters. The molecule has 0 amide bonds. The predicted molar refractivity (Wildman–Crippen MR) is 75.2 cm³/mol. The average Bonchev–Trinajstić information content (AvgIpc) is 3.20. The number of anilines is 2. The number of fused-ring (bicyclic) bond motifs is 1. The van der Waals surface area contributed by atoms with Gasteiger partial charge in [-0.05, 0) is 62.4 Å². The quantitative estimate of drug-likeness (QED) is 0.857. The van der Waals surface area contributed by atoms with Gasteiger partial charge in [-0.1, -0.05) is 0 Å². The second-order valence-electron chi connectivity index (χ2n) is 5.96. The Hall–Kier alpha value is -1.29. The van der Waals surface area contributed by atoms with Crippen molar-refractivity contribution in [1.82, 2.24) is 5.32 Å². The third-order valence-electron chi connectivity index (χ3n) is 4.63. The van der Waals surface area contributed by atoms with Crippen LogP contribution in [0.4, 0.5) is 15.8 Å². The summed E-state index contributed by atoms with van der Waals surface area (Å²) < 4.78 is 14.2. The highest BCUT2D eigenvalue weighted by atomic mass is 19.1. The minimum Gasteiger partial charge on any atom is -0.364 e. The number of piperidine rings is 1. The van der Waals surface area contributed by atoms with Gasteiger partial charge in [0, 0.05) is 6.04 Å². The van der Waals surface area contributed by atoms with Crippen molar-refractivity contribution >= 4 is 11.4 Å². The molecule has 0 aromatic heterocycles. The lowest BCUT2D eigenvalue weighted by molar-refractivity contribution is 0.438. The molecule has 1 aromatic rings. The van der Waals surface area contributed by atoms with Crippen molar-refractivity contribution in [1.29, 1.82) is 0 Å². The molecule has 19 heavy (non-hydrogen) atoms. The van der Waals surface area contributed by atoms with Crippen molar-refractivity contribution in [2.75, 3.05) is 30.0 Å². The van der Waals surface area contributed by atoms with Gasteiger partial charge >= 0.3 is 0 Å². The van der Waals surface area contributed by atoms with Crippen LogP contribution in [0.2, 0.25) is 0 Å². The molecule has 4 heteroatoms. The number of hydrogen-bond donors (Lipinski definition) is 2. The SMILES string of the molecule is Fc1cc(C2CC2)cc2c1NCN2C1CCNCC1. The van der Waals surface area contributed by atoms with Crippen LogP contribution in [0.15, 0.2) is 12.1 Å². The predicted octanol–water partition coefficient (Wildman–Crippen LogP) is 2.64. The lowest BCUT2D eigenvalue weighted by Crippen LogP contribution is -2.43. The summed E-state index contributed by atoms with van der Waals surface area (Å²) in [5.74, 6) is 0.533. The summed E-state index contributed by atoms with van der Waals surface area (Å²) in [4.78, 5) is 2.37. The first kappa shape index (κ1) is 11.5. The molecule has 3 aliphatic rings. The van der Waals surface area contributed by atoms with E-state index in [-0.39, 0.29) is 5.82 Å². The number of hydrogen-bond acceptors (Lipinski definition) is 3. The Labute approximate surface area is 113 Å². The molecule has 102 valence electrons. The van der Waals surface area contributed by atoms with Gasteiger partial charge in [-0.25, -0.2) is 4.39 Å². The number of halogens is 1. The van der Waals surface area contributed by atoms with Gasteiger partial charge in [-0.15, -0.1) is 0 Å². The number of nitrogens with zero attached hydrogens (tertiary/aromatic N) is 1. The van der Waals surface area contributed by atoms with E-state index < -0.39 is 0 Å². The van der Waals surface area contributed by atoms with Crippen LogP contribution in [0.5, 0.6) is 0 Å².